The molecule has 1 aromatic carbocycles. The molecule has 10 heteroatoms. The van der Waals surface area contributed by atoms with Gasteiger partial charge in [-0.3, -0.25) is 4.79 Å². The van der Waals surface area contributed by atoms with Crippen LogP contribution in [0.4, 0.5) is 36.1 Å². The van der Waals surface area contributed by atoms with E-state index in [9.17, 15) is 18.0 Å². The third-order valence-electron chi connectivity index (χ3n) is 7.70. The van der Waals surface area contributed by atoms with Crippen molar-refractivity contribution in [2.45, 2.75) is 63.8 Å². The topological polar surface area (TPSA) is 69.7 Å². The summed E-state index contributed by atoms with van der Waals surface area (Å²) < 4.78 is 45.2. The van der Waals surface area contributed by atoms with Crippen molar-refractivity contribution in [3.8, 4) is 0 Å². The number of rotatable bonds is 5. The van der Waals surface area contributed by atoms with E-state index in [1.54, 1.807) is 13.1 Å². The van der Waals surface area contributed by atoms with Crippen molar-refractivity contribution in [1.29, 1.82) is 0 Å². The summed E-state index contributed by atoms with van der Waals surface area (Å²) in [6.07, 6.45) is -0.311. The number of nitrogens with one attached hydrogen (secondary N) is 2. The molecule has 2 fully saturated rings. The molecule has 1 saturated heterocycles. The van der Waals surface area contributed by atoms with Crippen molar-refractivity contribution in [1.82, 2.24) is 10.3 Å². The number of hydrogen-bond donors (Lipinski definition) is 2. The Kier molecular flexibility index (Phi) is 7.57. The number of fused-ring (bicyclic) bond motifs is 2. The van der Waals surface area contributed by atoms with Gasteiger partial charge in [-0.2, -0.15) is 13.2 Å². The lowest BCUT2D eigenvalue weighted by atomic mass is 9.84. The van der Waals surface area contributed by atoms with Crippen LogP contribution in [0.15, 0.2) is 36.5 Å². The molecule has 0 bridgehead atoms. The average Bonchev–Trinajstić information content (AvgIpc) is 3.08. The Morgan fingerprint density at radius 1 is 1.19 bits per heavy atom. The van der Waals surface area contributed by atoms with Crippen molar-refractivity contribution in [2.75, 3.05) is 41.4 Å². The van der Waals surface area contributed by atoms with Crippen LogP contribution in [0, 0.1) is 5.92 Å². The van der Waals surface area contributed by atoms with Crippen LogP contribution in [-0.4, -0.2) is 55.5 Å². The second kappa shape index (κ2) is 10.9. The van der Waals surface area contributed by atoms with Crippen LogP contribution in [0.5, 0.6) is 0 Å². The number of aromatic nitrogens is 1. The van der Waals surface area contributed by atoms with Gasteiger partial charge in [-0.05, 0) is 56.4 Å². The van der Waals surface area contributed by atoms with Crippen LogP contribution in [0.1, 0.15) is 44.6 Å². The third-order valence-corrected chi connectivity index (χ3v) is 7.70. The molecule has 1 aromatic heterocycles. The number of alkyl halides is 3. The average molecular weight is 518 g/mol. The molecule has 37 heavy (non-hydrogen) atoms. The number of carbonyl (C=O) groups is 1. The second-order valence-corrected chi connectivity index (χ2v) is 10.1. The van der Waals surface area contributed by atoms with E-state index in [2.05, 4.69) is 32.7 Å². The molecular formula is C27H34F3N5O2. The van der Waals surface area contributed by atoms with Gasteiger partial charge in [-0.25, -0.2) is 4.98 Å². The van der Waals surface area contributed by atoms with E-state index in [0.29, 0.717) is 45.4 Å². The molecule has 1 amide bonds. The predicted molar refractivity (Wildman–Crippen MR) is 137 cm³/mol. The van der Waals surface area contributed by atoms with Gasteiger partial charge < -0.3 is 25.2 Å². The summed E-state index contributed by atoms with van der Waals surface area (Å²) >= 11 is 0. The number of anilines is 4. The number of pyridine rings is 1. The predicted octanol–water partition coefficient (Wildman–Crippen LogP) is 5.00. The van der Waals surface area contributed by atoms with Gasteiger partial charge in [0.05, 0.1) is 31.1 Å². The highest BCUT2D eigenvalue weighted by Gasteiger charge is 2.40. The lowest BCUT2D eigenvalue weighted by Crippen LogP contribution is -2.49. The molecule has 2 aliphatic heterocycles. The fraction of sp³-hybridized carbons (Fsp3) is 0.556. The van der Waals surface area contributed by atoms with E-state index in [1.807, 2.05) is 23.1 Å². The highest BCUT2D eigenvalue weighted by molar-refractivity contribution is 6.00. The maximum absolute atomic E-state index is 14.0. The smallest absolute Gasteiger partial charge is 0.378 e. The van der Waals surface area contributed by atoms with Crippen molar-refractivity contribution in [2.24, 2.45) is 5.92 Å². The minimum atomic E-state index is -4.26. The minimum Gasteiger partial charge on any atom is -0.378 e. The van der Waals surface area contributed by atoms with Gasteiger partial charge >= 0.3 is 6.18 Å². The lowest BCUT2D eigenvalue weighted by Gasteiger charge is -2.35. The van der Waals surface area contributed by atoms with Gasteiger partial charge in [0.15, 0.2) is 0 Å². The monoisotopic (exact) mass is 517 g/mol. The first-order valence-corrected chi connectivity index (χ1v) is 13.1. The van der Waals surface area contributed by atoms with Crippen LogP contribution >= 0.6 is 0 Å². The molecule has 200 valence electrons. The first-order valence-electron chi connectivity index (χ1n) is 13.1. The van der Waals surface area contributed by atoms with E-state index in [4.69, 9.17) is 4.74 Å². The van der Waals surface area contributed by atoms with Gasteiger partial charge in [0.25, 0.3) is 0 Å². The molecule has 2 N–H and O–H groups in total. The number of benzene rings is 1. The SMILES string of the molecule is CC[C@H](N[C@H]1CC[C@@H](C(=O)N2Cc3cccnc3Nc3ccc(N4CCOCC4)cc32)CC1)C(F)(F)F. The molecule has 1 aliphatic carbocycles. The Morgan fingerprint density at radius 3 is 2.65 bits per heavy atom. The Hall–Kier alpha value is -2.85. The first-order chi connectivity index (χ1) is 17.8. The second-order valence-electron chi connectivity index (χ2n) is 10.1. The summed E-state index contributed by atoms with van der Waals surface area (Å²) in [5, 5.41) is 6.19. The molecule has 2 aromatic rings. The van der Waals surface area contributed by atoms with Crippen molar-refractivity contribution < 1.29 is 22.7 Å². The Labute approximate surface area is 215 Å². The van der Waals surface area contributed by atoms with Crippen LogP contribution < -0.4 is 20.4 Å². The summed E-state index contributed by atoms with van der Waals surface area (Å²) in [4.78, 5) is 22.5. The van der Waals surface area contributed by atoms with E-state index < -0.39 is 12.2 Å². The number of amides is 1. The minimum absolute atomic E-state index is 0.00115. The normalized spacial score (nSPS) is 22.9. The van der Waals surface area contributed by atoms with E-state index in [0.717, 1.165) is 41.5 Å². The standard InChI is InChI=1S/C27H34F3N5O2/c1-2-24(27(28,29)30)32-20-7-5-18(6-8-20)26(36)35-17-19-4-3-11-31-25(19)33-22-10-9-21(16-23(22)35)34-12-14-37-15-13-34/h3-4,9-11,16,18,20,24,32H,2,5-8,12-15,17H2,1H3,(H,31,33)/t18-,20+,24-/m0/s1. The molecule has 3 heterocycles. The summed E-state index contributed by atoms with van der Waals surface area (Å²) in [6.45, 7) is 4.84. The number of hydrogen-bond acceptors (Lipinski definition) is 6. The number of carbonyl (C=O) groups excluding carboxylic acids is 1. The number of halogens is 3. The van der Waals surface area contributed by atoms with E-state index in [-0.39, 0.29) is 24.3 Å². The van der Waals surface area contributed by atoms with Gasteiger partial charge in [0.1, 0.15) is 11.9 Å². The van der Waals surface area contributed by atoms with Crippen LogP contribution in [0.2, 0.25) is 0 Å². The van der Waals surface area contributed by atoms with Gasteiger partial charge in [0.2, 0.25) is 5.91 Å². The zero-order chi connectivity index (χ0) is 26.0. The zero-order valence-corrected chi connectivity index (χ0v) is 21.1. The van der Waals surface area contributed by atoms with E-state index in [1.165, 1.54) is 0 Å². The van der Waals surface area contributed by atoms with Crippen LogP contribution in [-0.2, 0) is 16.1 Å². The molecular weight excluding hydrogens is 483 g/mol. The Morgan fingerprint density at radius 2 is 1.95 bits per heavy atom. The Bertz CT molecular complexity index is 1100. The largest absolute Gasteiger partial charge is 0.403 e. The number of morpholine rings is 1. The summed E-state index contributed by atoms with van der Waals surface area (Å²) in [5.74, 6) is 0.506. The van der Waals surface area contributed by atoms with Crippen LogP contribution in [0.3, 0.4) is 0 Å². The van der Waals surface area contributed by atoms with Gasteiger partial charge in [0, 0.05) is 42.5 Å². The summed E-state index contributed by atoms with van der Waals surface area (Å²) in [6, 6.07) is 8.19. The molecule has 0 unspecified atom stereocenters. The molecule has 5 rings (SSSR count). The summed E-state index contributed by atoms with van der Waals surface area (Å²) in [5.41, 5.74) is 3.57. The van der Waals surface area contributed by atoms with E-state index >= 15 is 0 Å². The zero-order valence-electron chi connectivity index (χ0n) is 21.1. The van der Waals surface area contributed by atoms with Crippen molar-refractivity contribution >= 4 is 28.8 Å². The quantitative estimate of drug-likeness (QED) is 0.582. The molecule has 3 aliphatic rings. The molecule has 0 radical (unpaired) electrons. The number of nitrogens with zero attached hydrogens (tertiary/aromatic N) is 3. The van der Waals surface area contributed by atoms with Crippen molar-refractivity contribution in [3.63, 3.8) is 0 Å². The highest BCUT2D eigenvalue weighted by Crippen LogP contribution is 2.40. The van der Waals surface area contributed by atoms with Gasteiger partial charge in [-0.1, -0.05) is 13.0 Å². The van der Waals surface area contributed by atoms with Crippen molar-refractivity contribution in [3.05, 3.63) is 42.1 Å². The van der Waals surface area contributed by atoms with Crippen LogP contribution in [0.25, 0.3) is 0 Å². The Balaban J connectivity index is 1.36. The highest BCUT2D eigenvalue weighted by atomic mass is 19.4. The van der Waals surface area contributed by atoms with Gasteiger partial charge in [-0.15, -0.1) is 0 Å². The molecule has 1 saturated carbocycles. The fourth-order valence-corrected chi connectivity index (χ4v) is 5.58. The fourth-order valence-electron chi connectivity index (χ4n) is 5.58. The maximum Gasteiger partial charge on any atom is 0.403 e. The molecule has 1 atom stereocenters. The maximum atomic E-state index is 14.0. The first kappa shape index (κ1) is 25.8. The third kappa shape index (κ3) is 5.70. The lowest BCUT2D eigenvalue weighted by molar-refractivity contribution is -0.159. The summed E-state index contributed by atoms with van der Waals surface area (Å²) in [7, 11) is 0. The molecule has 0 spiro atoms. The number of ether oxygens (including phenoxy) is 1. The molecule has 7 nitrogen and oxygen atoms in total.